The minimum Gasteiger partial charge on any atom is -0.381 e. The van der Waals surface area contributed by atoms with Gasteiger partial charge in [0.15, 0.2) is 0 Å². The lowest BCUT2D eigenvalue weighted by atomic mass is 10.1. The van der Waals surface area contributed by atoms with E-state index in [9.17, 15) is 4.39 Å². The van der Waals surface area contributed by atoms with Crippen LogP contribution in [0.3, 0.4) is 0 Å². The Morgan fingerprint density at radius 1 is 1.18 bits per heavy atom. The van der Waals surface area contributed by atoms with Crippen LogP contribution < -0.4 is 5.32 Å². The fraction of sp³-hybridized carbons (Fsp3) is 0.214. The van der Waals surface area contributed by atoms with Crippen molar-refractivity contribution >= 4 is 5.69 Å². The van der Waals surface area contributed by atoms with Crippen LogP contribution in [-0.4, -0.2) is 4.98 Å². The summed E-state index contributed by atoms with van der Waals surface area (Å²) in [4.78, 5) is 3.82. The summed E-state index contributed by atoms with van der Waals surface area (Å²) in [6.07, 6.45) is 2.88. The van der Waals surface area contributed by atoms with Gasteiger partial charge >= 0.3 is 0 Å². The van der Waals surface area contributed by atoms with Gasteiger partial charge in [-0.05, 0) is 37.1 Å². The van der Waals surface area contributed by atoms with Crippen molar-refractivity contribution in [3.8, 4) is 0 Å². The molecule has 0 saturated carbocycles. The average molecular weight is 230 g/mol. The van der Waals surface area contributed by atoms with E-state index in [-0.39, 0.29) is 5.82 Å². The molecule has 0 aliphatic heterocycles. The second kappa shape index (κ2) is 4.95. The lowest BCUT2D eigenvalue weighted by Crippen LogP contribution is -2.02. The zero-order chi connectivity index (χ0) is 12.3. The van der Waals surface area contributed by atoms with Gasteiger partial charge in [-0.1, -0.05) is 17.7 Å². The van der Waals surface area contributed by atoms with E-state index in [1.165, 1.54) is 23.4 Å². The molecule has 0 aliphatic carbocycles. The molecule has 3 heteroatoms. The molecule has 2 nitrogen and oxygen atoms in total. The minimum atomic E-state index is -0.301. The van der Waals surface area contributed by atoms with Crippen LogP contribution in [0.25, 0.3) is 0 Å². The molecule has 0 saturated heterocycles. The van der Waals surface area contributed by atoms with E-state index in [1.54, 1.807) is 6.20 Å². The van der Waals surface area contributed by atoms with E-state index >= 15 is 0 Å². The third-order valence-corrected chi connectivity index (χ3v) is 2.63. The molecule has 1 aromatic carbocycles. The maximum absolute atomic E-state index is 12.9. The molecule has 17 heavy (non-hydrogen) atoms. The highest BCUT2D eigenvalue weighted by Crippen LogP contribution is 2.16. The van der Waals surface area contributed by atoms with Crippen molar-refractivity contribution in [3.63, 3.8) is 0 Å². The van der Waals surface area contributed by atoms with Gasteiger partial charge in [0.25, 0.3) is 0 Å². The van der Waals surface area contributed by atoms with E-state index < -0.39 is 0 Å². The molecule has 0 aliphatic rings. The van der Waals surface area contributed by atoms with Gasteiger partial charge in [0.2, 0.25) is 0 Å². The van der Waals surface area contributed by atoms with E-state index in [2.05, 4.69) is 36.3 Å². The van der Waals surface area contributed by atoms with Crippen molar-refractivity contribution in [2.24, 2.45) is 0 Å². The van der Waals surface area contributed by atoms with Gasteiger partial charge in [-0.15, -0.1) is 0 Å². The number of nitrogens with one attached hydrogen (secondary N) is 1. The number of hydrogen-bond acceptors (Lipinski definition) is 2. The Kier molecular flexibility index (Phi) is 3.38. The molecule has 0 radical (unpaired) electrons. The van der Waals surface area contributed by atoms with Crippen LogP contribution in [0.2, 0.25) is 0 Å². The quantitative estimate of drug-likeness (QED) is 0.873. The van der Waals surface area contributed by atoms with Gasteiger partial charge in [-0.2, -0.15) is 0 Å². The monoisotopic (exact) mass is 230 g/mol. The largest absolute Gasteiger partial charge is 0.381 e. The molecule has 0 fully saturated rings. The fourth-order valence-electron chi connectivity index (χ4n) is 1.76. The Hall–Kier alpha value is -1.90. The summed E-state index contributed by atoms with van der Waals surface area (Å²) in [5, 5.41) is 3.28. The SMILES string of the molecule is Cc1ccc(NCc2cncc(F)c2)c(C)c1. The van der Waals surface area contributed by atoms with Gasteiger partial charge in [-0.25, -0.2) is 4.39 Å². The second-order valence-electron chi connectivity index (χ2n) is 4.18. The zero-order valence-electron chi connectivity index (χ0n) is 10.00. The molecule has 2 rings (SSSR count). The Morgan fingerprint density at radius 2 is 2.00 bits per heavy atom. The van der Waals surface area contributed by atoms with Crippen molar-refractivity contribution in [1.82, 2.24) is 4.98 Å². The van der Waals surface area contributed by atoms with Crippen LogP contribution in [0, 0.1) is 19.7 Å². The Labute approximate surface area is 101 Å². The van der Waals surface area contributed by atoms with Gasteiger partial charge in [0, 0.05) is 18.4 Å². The van der Waals surface area contributed by atoms with Crippen molar-refractivity contribution in [3.05, 3.63) is 59.2 Å². The molecular weight excluding hydrogens is 215 g/mol. The van der Waals surface area contributed by atoms with Crippen molar-refractivity contribution in [1.29, 1.82) is 0 Å². The lowest BCUT2D eigenvalue weighted by Gasteiger charge is -2.10. The van der Waals surface area contributed by atoms with Gasteiger partial charge in [-0.3, -0.25) is 4.98 Å². The number of benzene rings is 1. The number of anilines is 1. The molecule has 0 spiro atoms. The van der Waals surface area contributed by atoms with Crippen LogP contribution in [-0.2, 0) is 6.54 Å². The van der Waals surface area contributed by atoms with E-state index in [0.29, 0.717) is 6.54 Å². The number of hydrogen-bond donors (Lipinski definition) is 1. The van der Waals surface area contributed by atoms with Gasteiger partial charge < -0.3 is 5.32 Å². The summed E-state index contributed by atoms with van der Waals surface area (Å²) in [7, 11) is 0. The Bertz CT molecular complexity index is 523. The molecular formula is C14H15FN2. The van der Waals surface area contributed by atoms with E-state index in [4.69, 9.17) is 0 Å². The molecule has 1 aromatic heterocycles. The predicted molar refractivity (Wildman–Crippen MR) is 67.4 cm³/mol. The first kappa shape index (κ1) is 11.6. The molecule has 1 N–H and O–H groups in total. The standard InChI is InChI=1S/C14H15FN2/c1-10-3-4-14(11(2)5-10)17-8-12-6-13(15)9-16-7-12/h3-7,9,17H,8H2,1-2H3. The summed E-state index contributed by atoms with van der Waals surface area (Å²) >= 11 is 0. The summed E-state index contributed by atoms with van der Waals surface area (Å²) in [5.74, 6) is -0.301. The minimum absolute atomic E-state index is 0.301. The Morgan fingerprint density at radius 3 is 2.71 bits per heavy atom. The van der Waals surface area contributed by atoms with Crippen molar-refractivity contribution in [2.75, 3.05) is 5.32 Å². The zero-order valence-corrected chi connectivity index (χ0v) is 10.00. The van der Waals surface area contributed by atoms with E-state index in [1.807, 2.05) is 6.07 Å². The van der Waals surface area contributed by atoms with Gasteiger partial charge in [0.05, 0.1) is 6.20 Å². The first-order chi connectivity index (χ1) is 8.15. The number of aromatic nitrogens is 1. The Balaban J connectivity index is 2.07. The fourth-order valence-corrected chi connectivity index (χ4v) is 1.76. The molecule has 2 aromatic rings. The number of rotatable bonds is 3. The van der Waals surface area contributed by atoms with Gasteiger partial charge in [0.1, 0.15) is 5.82 Å². The molecule has 1 heterocycles. The van der Waals surface area contributed by atoms with Crippen LogP contribution in [0.5, 0.6) is 0 Å². The summed E-state index contributed by atoms with van der Waals surface area (Å²) < 4.78 is 12.9. The number of halogens is 1. The maximum Gasteiger partial charge on any atom is 0.141 e. The third kappa shape index (κ3) is 3.03. The highest BCUT2D eigenvalue weighted by Gasteiger charge is 1.99. The summed E-state index contributed by atoms with van der Waals surface area (Å²) in [6, 6.07) is 7.70. The highest BCUT2D eigenvalue weighted by atomic mass is 19.1. The first-order valence-corrected chi connectivity index (χ1v) is 5.56. The second-order valence-corrected chi connectivity index (χ2v) is 4.18. The molecule has 0 amide bonds. The van der Waals surface area contributed by atoms with Crippen molar-refractivity contribution in [2.45, 2.75) is 20.4 Å². The normalized spacial score (nSPS) is 10.3. The average Bonchev–Trinajstić information content (AvgIpc) is 2.28. The lowest BCUT2D eigenvalue weighted by molar-refractivity contribution is 0.619. The topological polar surface area (TPSA) is 24.9 Å². The third-order valence-electron chi connectivity index (χ3n) is 2.63. The van der Waals surface area contributed by atoms with E-state index in [0.717, 1.165) is 11.3 Å². The van der Waals surface area contributed by atoms with Crippen LogP contribution in [0.15, 0.2) is 36.7 Å². The smallest absolute Gasteiger partial charge is 0.141 e. The van der Waals surface area contributed by atoms with Crippen LogP contribution in [0.1, 0.15) is 16.7 Å². The first-order valence-electron chi connectivity index (χ1n) is 5.56. The summed E-state index contributed by atoms with van der Waals surface area (Å²) in [5.41, 5.74) is 4.33. The van der Waals surface area contributed by atoms with Crippen molar-refractivity contribution < 1.29 is 4.39 Å². The highest BCUT2D eigenvalue weighted by molar-refractivity contribution is 5.52. The number of pyridine rings is 1. The molecule has 0 atom stereocenters. The predicted octanol–water partition coefficient (Wildman–Crippen LogP) is 3.45. The van der Waals surface area contributed by atoms with Crippen LogP contribution >= 0.6 is 0 Å². The van der Waals surface area contributed by atoms with Crippen LogP contribution in [0.4, 0.5) is 10.1 Å². The summed E-state index contributed by atoms with van der Waals surface area (Å²) in [6.45, 7) is 4.70. The molecule has 88 valence electrons. The number of nitrogens with zero attached hydrogens (tertiary/aromatic N) is 1. The molecule has 0 unspecified atom stereocenters. The maximum atomic E-state index is 12.9. The molecule has 0 bridgehead atoms. The number of aryl methyl sites for hydroxylation is 2.